The summed E-state index contributed by atoms with van der Waals surface area (Å²) in [7, 11) is 1.63. The van der Waals surface area contributed by atoms with Gasteiger partial charge in [-0.1, -0.05) is 15.9 Å². The number of nitrogens with two attached hydrogens (primary N) is 1. The van der Waals surface area contributed by atoms with Crippen LogP contribution in [0.15, 0.2) is 16.6 Å². The van der Waals surface area contributed by atoms with Crippen molar-refractivity contribution >= 4 is 27.5 Å². The fourth-order valence-electron chi connectivity index (χ4n) is 1.86. The Balaban J connectivity index is 3.09. The second kappa shape index (κ2) is 6.91. The third-order valence-corrected chi connectivity index (χ3v) is 3.52. The molecule has 0 aliphatic heterocycles. The van der Waals surface area contributed by atoms with Gasteiger partial charge in [-0.15, -0.1) is 0 Å². The summed E-state index contributed by atoms with van der Waals surface area (Å²) in [6.45, 7) is 6.93. The fourth-order valence-corrected chi connectivity index (χ4v) is 2.34. The molecule has 0 spiro atoms. The molecule has 0 saturated carbocycles. The largest absolute Gasteiger partial charge is 0.398 e. The van der Waals surface area contributed by atoms with E-state index in [-0.39, 0.29) is 11.9 Å². The van der Waals surface area contributed by atoms with Crippen LogP contribution in [0.3, 0.4) is 0 Å². The lowest BCUT2D eigenvalue weighted by Crippen LogP contribution is -2.39. The van der Waals surface area contributed by atoms with Gasteiger partial charge < -0.3 is 15.4 Å². The van der Waals surface area contributed by atoms with E-state index in [1.807, 2.05) is 26.8 Å². The third kappa shape index (κ3) is 3.94. The van der Waals surface area contributed by atoms with Gasteiger partial charge in [0.05, 0.1) is 6.61 Å². The van der Waals surface area contributed by atoms with Crippen LogP contribution in [0.1, 0.15) is 29.8 Å². The molecule has 0 heterocycles. The van der Waals surface area contributed by atoms with Gasteiger partial charge in [0.1, 0.15) is 0 Å². The number of ether oxygens (including phenoxy) is 1. The highest BCUT2D eigenvalue weighted by atomic mass is 79.9. The first kappa shape index (κ1) is 16.0. The van der Waals surface area contributed by atoms with E-state index in [4.69, 9.17) is 10.5 Å². The number of nitrogens with zero attached hydrogens (tertiary/aromatic N) is 1. The number of nitrogen functional groups attached to an aromatic ring is 1. The second-order valence-corrected chi connectivity index (χ2v) is 5.67. The number of carbonyl (C=O) groups excluding carboxylic acids is 1. The van der Waals surface area contributed by atoms with Crippen LogP contribution < -0.4 is 5.73 Å². The lowest BCUT2D eigenvalue weighted by molar-refractivity contribution is 0.0634. The predicted octanol–water partition coefficient (Wildman–Crippen LogP) is 2.84. The molecule has 0 aliphatic carbocycles. The standard InChI is InChI=1S/C14H21BrN2O2/c1-9(2)17(5-6-19-4)14(18)12-7-11(15)8-13(16)10(12)3/h7-9H,5-6,16H2,1-4H3. The van der Waals surface area contributed by atoms with Crippen molar-refractivity contribution in [1.29, 1.82) is 0 Å². The molecule has 106 valence electrons. The second-order valence-electron chi connectivity index (χ2n) is 4.75. The maximum Gasteiger partial charge on any atom is 0.254 e. The zero-order valence-electron chi connectivity index (χ0n) is 11.9. The van der Waals surface area contributed by atoms with E-state index in [1.54, 1.807) is 18.1 Å². The molecule has 1 aromatic rings. The van der Waals surface area contributed by atoms with Crippen LogP contribution in [0.4, 0.5) is 5.69 Å². The molecule has 5 heteroatoms. The van der Waals surface area contributed by atoms with E-state index >= 15 is 0 Å². The smallest absolute Gasteiger partial charge is 0.254 e. The maximum atomic E-state index is 12.6. The molecular weight excluding hydrogens is 308 g/mol. The summed E-state index contributed by atoms with van der Waals surface area (Å²) in [4.78, 5) is 14.4. The zero-order chi connectivity index (χ0) is 14.6. The Morgan fingerprint density at radius 1 is 1.47 bits per heavy atom. The Kier molecular flexibility index (Phi) is 5.82. The molecule has 0 bridgehead atoms. The number of hydrogen-bond donors (Lipinski definition) is 1. The van der Waals surface area contributed by atoms with E-state index in [0.717, 1.165) is 10.0 Å². The average molecular weight is 329 g/mol. The summed E-state index contributed by atoms with van der Waals surface area (Å²) < 4.78 is 5.87. The van der Waals surface area contributed by atoms with Crippen molar-refractivity contribution < 1.29 is 9.53 Å². The predicted molar refractivity (Wildman–Crippen MR) is 81.3 cm³/mol. The van der Waals surface area contributed by atoms with Crippen LogP contribution >= 0.6 is 15.9 Å². The molecule has 0 atom stereocenters. The highest BCUT2D eigenvalue weighted by Gasteiger charge is 2.21. The van der Waals surface area contributed by atoms with E-state index in [2.05, 4.69) is 15.9 Å². The average Bonchev–Trinajstić information content (AvgIpc) is 2.33. The van der Waals surface area contributed by atoms with Crippen LogP contribution in [0.25, 0.3) is 0 Å². The van der Waals surface area contributed by atoms with Crippen molar-refractivity contribution in [3.63, 3.8) is 0 Å². The van der Waals surface area contributed by atoms with Crippen molar-refractivity contribution in [1.82, 2.24) is 4.90 Å². The summed E-state index contributed by atoms with van der Waals surface area (Å²) in [5.41, 5.74) is 7.98. The van der Waals surface area contributed by atoms with Crippen LogP contribution in [0.5, 0.6) is 0 Å². The summed E-state index contributed by atoms with van der Waals surface area (Å²) in [5.74, 6) is -0.0162. The van der Waals surface area contributed by atoms with Gasteiger partial charge in [-0.3, -0.25) is 4.79 Å². The molecule has 4 nitrogen and oxygen atoms in total. The molecule has 1 rings (SSSR count). The van der Waals surface area contributed by atoms with Crippen LogP contribution in [0.2, 0.25) is 0 Å². The Hall–Kier alpha value is -1.07. The minimum absolute atomic E-state index is 0.0162. The fraction of sp³-hybridized carbons (Fsp3) is 0.500. The Bertz CT molecular complexity index is 461. The summed E-state index contributed by atoms with van der Waals surface area (Å²) in [6, 6.07) is 3.74. The van der Waals surface area contributed by atoms with E-state index in [9.17, 15) is 4.79 Å². The first-order valence-electron chi connectivity index (χ1n) is 6.24. The Morgan fingerprint density at radius 2 is 2.11 bits per heavy atom. The maximum absolute atomic E-state index is 12.6. The molecule has 0 aliphatic rings. The van der Waals surface area contributed by atoms with Crippen molar-refractivity contribution in [3.05, 3.63) is 27.7 Å². The van der Waals surface area contributed by atoms with Gasteiger partial charge in [0.25, 0.3) is 5.91 Å². The zero-order valence-corrected chi connectivity index (χ0v) is 13.5. The lowest BCUT2D eigenvalue weighted by atomic mass is 10.0. The minimum Gasteiger partial charge on any atom is -0.398 e. The number of benzene rings is 1. The lowest BCUT2D eigenvalue weighted by Gasteiger charge is -2.27. The molecular formula is C14H21BrN2O2. The van der Waals surface area contributed by atoms with Gasteiger partial charge >= 0.3 is 0 Å². The molecule has 1 amide bonds. The molecule has 19 heavy (non-hydrogen) atoms. The number of rotatable bonds is 5. The Labute approximate surface area is 123 Å². The number of anilines is 1. The Morgan fingerprint density at radius 3 is 2.63 bits per heavy atom. The van der Waals surface area contributed by atoms with Gasteiger partial charge in [-0.2, -0.15) is 0 Å². The van der Waals surface area contributed by atoms with Gasteiger partial charge in [-0.05, 0) is 38.5 Å². The number of halogens is 1. The van der Waals surface area contributed by atoms with Crippen molar-refractivity contribution in [2.24, 2.45) is 0 Å². The molecule has 0 unspecified atom stereocenters. The first-order valence-corrected chi connectivity index (χ1v) is 7.03. The monoisotopic (exact) mass is 328 g/mol. The van der Waals surface area contributed by atoms with Crippen molar-refractivity contribution in [3.8, 4) is 0 Å². The number of carbonyl (C=O) groups is 1. The third-order valence-electron chi connectivity index (χ3n) is 3.06. The van der Waals surface area contributed by atoms with Gasteiger partial charge in [0.2, 0.25) is 0 Å². The van der Waals surface area contributed by atoms with Gasteiger partial charge in [-0.25, -0.2) is 0 Å². The van der Waals surface area contributed by atoms with E-state index in [0.29, 0.717) is 24.4 Å². The molecule has 0 saturated heterocycles. The van der Waals surface area contributed by atoms with Crippen LogP contribution in [-0.2, 0) is 4.74 Å². The van der Waals surface area contributed by atoms with Crippen molar-refractivity contribution in [2.45, 2.75) is 26.8 Å². The summed E-state index contributed by atoms with van der Waals surface area (Å²) in [6.07, 6.45) is 0. The normalized spacial score (nSPS) is 10.8. The highest BCUT2D eigenvalue weighted by molar-refractivity contribution is 9.10. The van der Waals surface area contributed by atoms with E-state index in [1.165, 1.54) is 0 Å². The number of amides is 1. The SMILES string of the molecule is COCCN(C(=O)c1cc(Br)cc(N)c1C)C(C)C. The van der Waals surface area contributed by atoms with Crippen LogP contribution in [0, 0.1) is 6.92 Å². The van der Waals surface area contributed by atoms with Crippen LogP contribution in [-0.4, -0.2) is 37.1 Å². The molecule has 0 fully saturated rings. The molecule has 0 aromatic heterocycles. The number of hydrogen-bond acceptors (Lipinski definition) is 3. The summed E-state index contributed by atoms with van der Waals surface area (Å²) in [5, 5.41) is 0. The number of methoxy groups -OCH3 is 1. The van der Waals surface area contributed by atoms with Gasteiger partial charge in [0.15, 0.2) is 0 Å². The highest BCUT2D eigenvalue weighted by Crippen LogP contribution is 2.24. The van der Waals surface area contributed by atoms with Gasteiger partial charge in [0, 0.05) is 35.4 Å². The topological polar surface area (TPSA) is 55.6 Å². The molecule has 1 aromatic carbocycles. The molecule has 0 radical (unpaired) electrons. The molecule has 2 N–H and O–H groups in total. The first-order chi connectivity index (χ1) is 8.88. The quantitative estimate of drug-likeness (QED) is 0.845. The minimum atomic E-state index is -0.0162. The summed E-state index contributed by atoms with van der Waals surface area (Å²) >= 11 is 3.38. The van der Waals surface area contributed by atoms with Crippen molar-refractivity contribution in [2.75, 3.05) is 26.0 Å². The van der Waals surface area contributed by atoms with E-state index < -0.39 is 0 Å².